The van der Waals surface area contributed by atoms with Crippen LogP contribution in [0.2, 0.25) is 0 Å². The quantitative estimate of drug-likeness (QED) is 0.0244. The number of hydrogen-bond donors (Lipinski definition) is 9. The number of phenols is 5. The molecule has 5 heterocycles. The van der Waals surface area contributed by atoms with Crippen LogP contribution in [0.25, 0.3) is 0 Å². The van der Waals surface area contributed by atoms with Gasteiger partial charge in [0.15, 0.2) is 0 Å². The average Bonchev–Trinajstić information content (AvgIpc) is 1.10. The lowest BCUT2D eigenvalue weighted by molar-refractivity contribution is 0.161. The molecule has 0 saturated carbocycles. The molecule has 702 valence electrons. The summed E-state index contributed by atoms with van der Waals surface area (Å²) < 4.78 is 0. The molecule has 30 nitrogen and oxygen atoms in total. The van der Waals surface area contributed by atoms with E-state index in [4.69, 9.17) is 15.3 Å². The number of benzene rings is 5. The number of nitrogens with one attached hydrogen (secondary N) is 1. The first-order valence-corrected chi connectivity index (χ1v) is 45.6. The van der Waals surface area contributed by atoms with E-state index in [1.165, 1.54) is 157 Å². The van der Waals surface area contributed by atoms with Gasteiger partial charge in [-0.05, 0) is 145 Å². The summed E-state index contributed by atoms with van der Waals surface area (Å²) in [7, 11) is 22.3. The molecule has 0 spiro atoms. The molecule has 5 saturated heterocycles. The van der Waals surface area contributed by atoms with Crippen LogP contribution in [-0.2, 0) is 0 Å². The third-order valence-electron chi connectivity index (χ3n) is 23.5. The Morgan fingerprint density at radius 1 is 0.280 bits per heavy atom. The number of aliphatic hydroxyl groups is 3. The molecule has 0 amide bonds. The summed E-state index contributed by atoms with van der Waals surface area (Å²) in [5.74, 6) is 1.10. The van der Waals surface area contributed by atoms with Crippen LogP contribution in [-0.4, -0.2) is 534 Å². The van der Waals surface area contributed by atoms with Gasteiger partial charge in [-0.2, -0.15) is 0 Å². The van der Waals surface area contributed by atoms with Crippen LogP contribution < -0.4 is 5.32 Å². The van der Waals surface area contributed by atoms with Crippen molar-refractivity contribution in [2.45, 2.75) is 25.9 Å². The van der Waals surface area contributed by atoms with Gasteiger partial charge < -0.3 is 95.2 Å². The van der Waals surface area contributed by atoms with E-state index in [2.05, 4.69) is 193 Å². The van der Waals surface area contributed by atoms with Crippen LogP contribution in [0.15, 0.2) is 146 Å². The molecule has 0 radical (unpaired) electrons. The van der Waals surface area contributed by atoms with E-state index in [-0.39, 0.29) is 48.6 Å². The van der Waals surface area contributed by atoms with E-state index < -0.39 is 0 Å². The molecule has 9 N–H and O–H groups in total. The third kappa shape index (κ3) is 49.7. The highest BCUT2D eigenvalue weighted by Crippen LogP contribution is 2.18. The fourth-order valence-corrected chi connectivity index (χ4v) is 14.1. The molecule has 5 aromatic carbocycles. The van der Waals surface area contributed by atoms with Gasteiger partial charge in [0, 0.05) is 320 Å². The molecule has 2 unspecified atom stereocenters. The lowest BCUT2D eigenvalue weighted by Gasteiger charge is -2.29. The number of aliphatic hydroxyl groups excluding tert-OH is 3. The maximum Gasteiger partial charge on any atom is 0.124 e. The van der Waals surface area contributed by atoms with Crippen molar-refractivity contribution in [3.05, 3.63) is 149 Å². The maximum atomic E-state index is 9.86. The summed E-state index contributed by atoms with van der Waals surface area (Å²) in [5, 5.41) is 79.1. The van der Waals surface area contributed by atoms with E-state index in [9.17, 15) is 25.5 Å². The van der Waals surface area contributed by atoms with E-state index in [0.717, 1.165) is 63.5 Å². The summed E-state index contributed by atoms with van der Waals surface area (Å²) in [6.45, 7) is 48.1. The van der Waals surface area contributed by atoms with E-state index in [1.54, 1.807) is 91.7 Å². The Kier molecular flexibility index (Phi) is 57.2. The predicted molar refractivity (Wildman–Crippen MR) is 520 cm³/mol. The van der Waals surface area contributed by atoms with Crippen LogP contribution in [0.3, 0.4) is 0 Å². The normalized spacial score (nSPS) is 20.1. The van der Waals surface area contributed by atoms with Crippen LogP contribution in [0, 0.1) is 0 Å². The lowest BCUT2D eigenvalue weighted by Crippen LogP contribution is -2.43. The highest BCUT2D eigenvalue weighted by molar-refractivity contribution is 5.85. The number of hydrogen-bond acceptors (Lipinski definition) is 30. The van der Waals surface area contributed by atoms with Gasteiger partial charge in [-0.25, -0.2) is 0 Å². The molecule has 5 aliphatic rings. The Bertz CT molecular complexity index is 3430. The number of para-hydroxylation sites is 5. The van der Waals surface area contributed by atoms with Crippen molar-refractivity contribution in [2.24, 2.45) is 25.0 Å². The summed E-state index contributed by atoms with van der Waals surface area (Å²) in [6, 6.07) is 36.8. The minimum Gasteiger partial charge on any atom is -0.507 e. The highest BCUT2D eigenvalue weighted by atomic mass is 16.3. The first-order valence-electron chi connectivity index (χ1n) is 45.6. The maximum absolute atomic E-state index is 9.86. The monoisotopic (exact) mass is 1740 g/mol. The third-order valence-corrected chi connectivity index (χ3v) is 23.5. The Morgan fingerprint density at radius 2 is 0.480 bits per heavy atom. The van der Waals surface area contributed by atoms with Gasteiger partial charge in [0.2, 0.25) is 0 Å². The number of nitrogens with zero attached hydrogens (tertiary/aromatic N) is 21. The van der Waals surface area contributed by atoms with E-state index in [1.807, 2.05) is 60.7 Å². The second-order valence-electron chi connectivity index (χ2n) is 33.9. The number of aliphatic imine (C=N–C) groups is 5. The number of aromatic hydroxyl groups is 5. The zero-order chi connectivity index (χ0) is 90.6. The number of rotatable bonds is 29. The number of phenolic OH excluding ortho intramolecular Hbond substituents is 5. The molecular formula is C95H164N22O8. The van der Waals surface area contributed by atoms with Crippen molar-refractivity contribution < 1.29 is 40.9 Å². The molecule has 0 bridgehead atoms. The standard InChI is InChI=1S/C27H30N4O3.C19H42N6.C18H21N3O2.C12H27N3O3.C10H23N3.C9H21N3/c32-25-10-4-1-7-22(25)19-28-13-16-31(17-14-29-20-23-8-2-5-11-26(23)33)18-15-30-21-24-9-3-6-12-27(24)34;1-19-18-22(4)10-14-25(15-11-23(19)5)17-16-24-12-8-20(2)6-7-21(3)9-13-24;22-17-7-3-1-5-15(17)13-20-11-9-19-10-12-21-14-16-6-2-4-8-18(16)23;16-10-7-13-1-2-14(8-11-17)5-6-15(4-3-13)9-12-18;1-10-9-12(3)6-5-11(2)7-8-13(10)4;1-10-4-6-11(2)8-9-12(3)7-5-10/h1-12,19-21,32-34H,13-18H2;19H,6-18H2,1-5H3;1-8,13-14,19,22-23H,9-12H2;16-18H,1-12H2;10H,5-9H2,1-4H3;4-9H2,1-3H3. The van der Waals surface area contributed by atoms with Crippen molar-refractivity contribution in [3.63, 3.8) is 0 Å². The molecule has 0 aliphatic carbocycles. The molecule has 125 heavy (non-hydrogen) atoms. The molecule has 30 heteroatoms. The summed E-state index contributed by atoms with van der Waals surface area (Å²) in [5.41, 5.74) is 3.51. The van der Waals surface area contributed by atoms with Gasteiger partial charge in [0.1, 0.15) is 28.7 Å². The Balaban J connectivity index is 0.000000275. The van der Waals surface area contributed by atoms with Crippen LogP contribution in [0.4, 0.5) is 0 Å². The minimum absolute atomic E-state index is 0.181. The van der Waals surface area contributed by atoms with Gasteiger partial charge in [0.05, 0.1) is 52.5 Å². The zero-order valence-corrected chi connectivity index (χ0v) is 78.6. The SMILES string of the molecule is CC1CN(C)CCN(C)CCN1C.CC1CN(C)CCN(CCN2CCN(C)CCN(C)CC2)CCN1C.CN1CCN(C)CCN(C)CC1.OCCN1CCN(CCO)CCN(CCO)CC1.Oc1ccccc1C=NCCN(CCN=Cc1ccccc1O)CCN=Cc1ccccc1O.Oc1ccccc1C=NCCNCCN=Cc1ccccc1O. The molecule has 10 rings (SSSR count). The largest absolute Gasteiger partial charge is 0.507 e. The molecule has 2 atom stereocenters. The van der Waals surface area contributed by atoms with Crippen molar-refractivity contribution in [3.8, 4) is 28.7 Å². The molecule has 5 aliphatic heterocycles. The first-order chi connectivity index (χ1) is 60.4. The van der Waals surface area contributed by atoms with Gasteiger partial charge in [-0.1, -0.05) is 60.7 Å². The average molecular weight is 1740 g/mol. The second-order valence-corrected chi connectivity index (χ2v) is 33.9. The molecule has 5 fully saturated rings. The number of β-amino-alcohol motifs (C(OH)–C–C–N with tert-alkyl or cyclic N) is 3. The Labute approximate surface area is 752 Å². The van der Waals surface area contributed by atoms with Crippen molar-refractivity contribution in [1.82, 2.24) is 83.7 Å². The van der Waals surface area contributed by atoms with Crippen LogP contribution in [0.5, 0.6) is 28.7 Å². The summed E-state index contributed by atoms with van der Waals surface area (Å²) in [6.07, 6.45) is 8.39. The minimum atomic E-state index is 0.181. The van der Waals surface area contributed by atoms with E-state index in [0.29, 0.717) is 101 Å². The zero-order valence-electron chi connectivity index (χ0n) is 78.6. The fourth-order valence-electron chi connectivity index (χ4n) is 14.1. The van der Waals surface area contributed by atoms with Crippen LogP contribution >= 0.6 is 0 Å². The fraction of sp³-hybridized carbons (Fsp3) is 0.632. The highest BCUT2D eigenvalue weighted by Gasteiger charge is 2.22. The van der Waals surface area contributed by atoms with Gasteiger partial charge in [0.25, 0.3) is 0 Å². The summed E-state index contributed by atoms with van der Waals surface area (Å²) >= 11 is 0. The first kappa shape index (κ1) is 108. The molecular weight excluding hydrogens is 1580 g/mol. The Hall–Kier alpha value is -7.35. The second kappa shape index (κ2) is 66.1. The molecule has 5 aromatic rings. The van der Waals surface area contributed by atoms with Gasteiger partial charge in [-0.15, -0.1) is 0 Å². The van der Waals surface area contributed by atoms with Crippen molar-refractivity contribution in [1.29, 1.82) is 0 Å². The number of likely N-dealkylation sites (N-methyl/N-ethyl adjacent to an activating group) is 10. The smallest absolute Gasteiger partial charge is 0.124 e. The van der Waals surface area contributed by atoms with Gasteiger partial charge in [-0.3, -0.25) is 54.4 Å². The van der Waals surface area contributed by atoms with Crippen LogP contribution in [0.1, 0.15) is 41.7 Å². The van der Waals surface area contributed by atoms with Crippen molar-refractivity contribution in [2.75, 3.05) is 372 Å². The van der Waals surface area contributed by atoms with E-state index >= 15 is 0 Å². The van der Waals surface area contributed by atoms with Crippen molar-refractivity contribution >= 4 is 31.1 Å². The predicted octanol–water partition coefficient (Wildman–Crippen LogP) is 3.58. The topological polar surface area (TPSA) is 288 Å². The summed E-state index contributed by atoms with van der Waals surface area (Å²) in [4.78, 5) is 60.5. The lowest BCUT2D eigenvalue weighted by atomic mass is 10.2. The van der Waals surface area contributed by atoms with Gasteiger partial charge >= 0.3 is 0 Å². The molecule has 0 aromatic heterocycles. The Morgan fingerprint density at radius 3 is 0.744 bits per heavy atom.